The maximum atomic E-state index is 13.4. The second kappa shape index (κ2) is 13.5. The maximum Gasteiger partial charge on any atom is 0.352 e. The van der Waals surface area contributed by atoms with Crippen molar-refractivity contribution >= 4 is 74.9 Å². The van der Waals surface area contributed by atoms with Gasteiger partial charge >= 0.3 is 5.97 Å². The second-order valence-corrected chi connectivity index (χ2v) is 15.0. The molecule has 256 valence electrons. The highest BCUT2D eigenvalue weighted by molar-refractivity contribution is 8.00. The number of aromatic nitrogens is 3. The number of carboxylic acids is 1. The van der Waals surface area contributed by atoms with Crippen LogP contribution in [0.15, 0.2) is 53.0 Å². The summed E-state index contributed by atoms with van der Waals surface area (Å²) in [6, 6.07) is 10.2. The number of oxime groups is 1. The summed E-state index contributed by atoms with van der Waals surface area (Å²) in [5.74, 6) is -0.837. The minimum absolute atomic E-state index is 0.0314. The first kappa shape index (κ1) is 33.1. The minimum atomic E-state index is -1.18. The molecule has 0 radical (unpaired) electrons. The lowest BCUT2D eigenvalue weighted by Crippen LogP contribution is -2.62. The molecule has 0 bridgehead atoms. The Morgan fingerprint density at radius 1 is 1.18 bits per heavy atom. The van der Waals surface area contributed by atoms with Crippen LogP contribution in [0.25, 0.3) is 0 Å². The van der Waals surface area contributed by atoms with Gasteiger partial charge in [0.2, 0.25) is 5.91 Å². The molecular weight excluding hydrogens is 690 g/mol. The van der Waals surface area contributed by atoms with E-state index in [9.17, 15) is 19.5 Å². The number of fused-ring (bicyclic) bond motifs is 2. The number of nitrogens with zero attached hydrogens (tertiary/aromatic N) is 7. The van der Waals surface area contributed by atoms with Crippen LogP contribution in [0.2, 0.25) is 4.34 Å². The number of halogens is 1. The number of nitrogen functional groups attached to an aromatic ring is 1. The predicted molar refractivity (Wildman–Crippen MR) is 186 cm³/mol. The van der Waals surface area contributed by atoms with Gasteiger partial charge in [0.1, 0.15) is 28.7 Å². The van der Waals surface area contributed by atoms with Crippen LogP contribution in [-0.4, -0.2) is 91.6 Å². The SMILES string of the molecule is CO/N=C(\C(=O)C[C@@H]1C(=O)N2C(C(=O)O)=C(C[n+]3ccc4n3CCN4Cc3ccc(C(=N)N4CCCC4)cc3)CS[C@H]12)c1nc(N)sc1Cl. The quantitative estimate of drug-likeness (QED) is 0.0878. The van der Waals surface area contributed by atoms with E-state index < -0.39 is 29.0 Å². The first-order chi connectivity index (χ1) is 23.6. The van der Waals surface area contributed by atoms with Crippen LogP contribution in [0.1, 0.15) is 36.1 Å². The van der Waals surface area contributed by atoms with Gasteiger partial charge in [0, 0.05) is 49.5 Å². The number of β-lactam (4-membered cyclic amide) rings is 1. The van der Waals surface area contributed by atoms with Crippen molar-refractivity contribution in [2.24, 2.45) is 11.1 Å². The van der Waals surface area contributed by atoms with Crippen molar-refractivity contribution in [1.82, 2.24) is 19.5 Å². The van der Waals surface area contributed by atoms with Gasteiger partial charge in [-0.2, -0.15) is 0 Å². The molecule has 49 heavy (non-hydrogen) atoms. The van der Waals surface area contributed by atoms with Crippen molar-refractivity contribution in [1.29, 1.82) is 5.41 Å². The number of aliphatic carboxylic acids is 1. The van der Waals surface area contributed by atoms with Crippen molar-refractivity contribution in [3.8, 4) is 0 Å². The number of hydrogen-bond acceptors (Lipinski definition) is 11. The molecule has 0 aliphatic carbocycles. The number of nitrogens with one attached hydrogen (secondary N) is 1. The molecule has 14 nitrogen and oxygen atoms in total. The third-order valence-corrected chi connectivity index (χ3v) is 11.8. The molecule has 2 aromatic heterocycles. The minimum Gasteiger partial charge on any atom is -0.477 e. The smallest absolute Gasteiger partial charge is 0.352 e. The molecule has 0 unspecified atom stereocenters. The summed E-state index contributed by atoms with van der Waals surface area (Å²) in [6.07, 6.45) is 4.01. The fourth-order valence-corrected chi connectivity index (χ4v) is 9.25. The molecule has 2 fully saturated rings. The van der Waals surface area contributed by atoms with E-state index in [-0.39, 0.29) is 33.0 Å². The Kier molecular flexibility index (Phi) is 9.11. The number of thiazole rings is 1. The molecule has 4 N–H and O–H groups in total. The summed E-state index contributed by atoms with van der Waals surface area (Å²) >= 11 is 8.64. The first-order valence-corrected chi connectivity index (χ1v) is 18.1. The van der Waals surface area contributed by atoms with Crippen molar-refractivity contribution < 1.29 is 29.0 Å². The first-order valence-electron chi connectivity index (χ1n) is 15.9. The number of amidine groups is 1. The summed E-state index contributed by atoms with van der Waals surface area (Å²) in [5.41, 5.74) is 8.36. The van der Waals surface area contributed by atoms with Gasteiger partial charge in [-0.05, 0) is 18.4 Å². The lowest BCUT2D eigenvalue weighted by atomic mass is 9.89. The number of rotatable bonds is 11. The Hall–Kier alpha value is -4.41. The largest absolute Gasteiger partial charge is 0.477 e. The highest BCUT2D eigenvalue weighted by Gasteiger charge is 2.54. The number of thioether (sulfide) groups is 1. The zero-order valence-electron chi connectivity index (χ0n) is 26.7. The monoisotopic (exact) mass is 724 g/mol. The van der Waals surface area contributed by atoms with Crippen LogP contribution in [0, 0.1) is 11.3 Å². The van der Waals surface area contributed by atoms with Crippen molar-refractivity contribution in [3.05, 3.63) is 69.0 Å². The molecule has 1 aromatic carbocycles. The van der Waals surface area contributed by atoms with Gasteiger partial charge in [-0.25, -0.2) is 9.78 Å². The zero-order valence-corrected chi connectivity index (χ0v) is 29.1. The van der Waals surface area contributed by atoms with E-state index in [1.807, 2.05) is 29.1 Å². The Balaban J connectivity index is 1.03. The van der Waals surface area contributed by atoms with E-state index in [0.29, 0.717) is 30.3 Å². The maximum absolute atomic E-state index is 13.4. The number of carbonyl (C=O) groups is 3. The topological polar surface area (TPSA) is 174 Å². The number of likely N-dealkylation sites (tertiary alicyclic amines) is 1. The fraction of sp³-hybridized carbons (Fsp3) is 0.406. The molecule has 2 atom stereocenters. The standard InChI is InChI=1S/C32H34ClN9O5S2/c1-47-37-24(25-27(33)49-32(35)36-25)22(43)14-21-29(44)42-26(31(45)46)20(17-48-30(21)42)16-40-11-8-23-39(12-13-41(23)40)15-18-4-6-19(7-5-18)28(34)38-9-2-3-10-38/h4-8,11,21,30,34H,2-3,9-10,12-17H2,1H3,(H2-,35,36,45,46)/p+1/b34-28?,37-24+/t21-,30-/m1/s1. The lowest BCUT2D eigenvalue weighted by Gasteiger charge is -2.49. The number of anilines is 2. The average molecular weight is 725 g/mol. The third kappa shape index (κ3) is 6.16. The van der Waals surface area contributed by atoms with Gasteiger partial charge in [0.25, 0.3) is 0 Å². The average Bonchev–Trinajstić information content (AvgIpc) is 3.90. The normalized spacial score (nSPS) is 20.4. The van der Waals surface area contributed by atoms with Crippen LogP contribution in [0.4, 0.5) is 10.9 Å². The molecule has 0 spiro atoms. The van der Waals surface area contributed by atoms with E-state index in [1.165, 1.54) is 23.8 Å². The molecule has 0 saturated carbocycles. The van der Waals surface area contributed by atoms with E-state index in [4.69, 9.17) is 27.6 Å². The zero-order chi connectivity index (χ0) is 34.4. The molecule has 4 aliphatic heterocycles. The van der Waals surface area contributed by atoms with Gasteiger partial charge in [-0.3, -0.25) is 19.9 Å². The van der Waals surface area contributed by atoms with Crippen molar-refractivity contribution in [2.75, 3.05) is 43.1 Å². The van der Waals surface area contributed by atoms with Crippen LogP contribution in [0.5, 0.6) is 0 Å². The van der Waals surface area contributed by atoms with E-state index in [2.05, 4.69) is 36.8 Å². The van der Waals surface area contributed by atoms with Gasteiger partial charge < -0.3 is 25.5 Å². The number of hydrogen-bond donors (Lipinski definition) is 3. The second-order valence-electron chi connectivity index (χ2n) is 12.3. The molecule has 4 aliphatic rings. The van der Waals surface area contributed by atoms with E-state index >= 15 is 0 Å². The number of benzene rings is 1. The van der Waals surface area contributed by atoms with Crippen molar-refractivity contribution in [3.63, 3.8) is 0 Å². The van der Waals surface area contributed by atoms with Gasteiger partial charge in [0.15, 0.2) is 35.2 Å². The summed E-state index contributed by atoms with van der Waals surface area (Å²) in [5, 5.41) is 22.2. The highest BCUT2D eigenvalue weighted by atomic mass is 35.5. The van der Waals surface area contributed by atoms with Gasteiger partial charge in [-0.15, -0.1) is 21.1 Å². The Bertz CT molecular complexity index is 1900. The Morgan fingerprint density at radius 3 is 2.61 bits per heavy atom. The Labute approximate surface area is 295 Å². The molecule has 1 amide bonds. The predicted octanol–water partition coefficient (Wildman–Crippen LogP) is 2.79. The number of Topliss-reactive ketones (excluding diaryl/α,β-unsaturated/α-hetero) is 1. The van der Waals surface area contributed by atoms with Crippen LogP contribution >= 0.6 is 34.7 Å². The molecule has 6 heterocycles. The van der Waals surface area contributed by atoms with Crippen LogP contribution < -0.4 is 15.3 Å². The molecule has 3 aromatic rings. The highest BCUT2D eigenvalue weighted by Crippen LogP contribution is 2.45. The molecule has 2 saturated heterocycles. The summed E-state index contributed by atoms with van der Waals surface area (Å²) < 4.78 is 4.31. The van der Waals surface area contributed by atoms with Crippen molar-refractivity contribution in [2.45, 2.75) is 44.3 Å². The van der Waals surface area contributed by atoms with Crippen LogP contribution in [0.3, 0.4) is 0 Å². The van der Waals surface area contributed by atoms with Crippen LogP contribution in [-0.2, 0) is 38.9 Å². The van der Waals surface area contributed by atoms with Gasteiger partial charge in [0.05, 0.1) is 23.9 Å². The number of nitrogens with two attached hydrogens (primary N) is 1. The molecular formula is C32H35ClN9O5S2+. The molecule has 17 heteroatoms. The number of ketones is 1. The summed E-state index contributed by atoms with van der Waals surface area (Å²) in [4.78, 5) is 53.9. The summed E-state index contributed by atoms with van der Waals surface area (Å²) in [6.45, 7) is 4.44. The van der Waals surface area contributed by atoms with E-state index in [0.717, 1.165) is 67.3 Å². The molecule has 7 rings (SSSR count). The fourth-order valence-electron chi connectivity index (χ4n) is 6.91. The number of amides is 1. The van der Waals surface area contributed by atoms with E-state index in [1.54, 1.807) is 0 Å². The Morgan fingerprint density at radius 2 is 1.94 bits per heavy atom. The number of carbonyl (C=O) groups excluding carboxylic acids is 2. The number of carboxylic acid groups (broad SMARTS) is 1. The summed E-state index contributed by atoms with van der Waals surface area (Å²) in [7, 11) is 1.29. The van der Waals surface area contributed by atoms with Gasteiger partial charge in [-0.1, -0.05) is 52.4 Å². The lowest BCUT2D eigenvalue weighted by molar-refractivity contribution is -0.766. The third-order valence-electron chi connectivity index (χ3n) is 9.29.